The monoisotopic (exact) mass is 369 g/mol. The summed E-state index contributed by atoms with van der Waals surface area (Å²) in [4.78, 5) is 8.99. The van der Waals surface area contributed by atoms with Crippen LogP contribution in [0.15, 0.2) is 47.6 Å². The van der Waals surface area contributed by atoms with Gasteiger partial charge in [-0.3, -0.25) is 9.89 Å². The zero-order valence-electron chi connectivity index (χ0n) is 16.7. The second kappa shape index (κ2) is 9.58. The fourth-order valence-corrected chi connectivity index (χ4v) is 3.32. The molecule has 0 amide bonds. The molecule has 0 saturated carbocycles. The van der Waals surface area contributed by atoms with Gasteiger partial charge in [-0.2, -0.15) is 0 Å². The molecule has 6 heteroatoms. The largest absolute Gasteiger partial charge is 0.379 e. The fraction of sp³-hybridized carbons (Fsp3) is 0.476. The van der Waals surface area contributed by atoms with Crippen molar-refractivity contribution in [3.05, 3.63) is 59.4 Å². The third kappa shape index (κ3) is 5.58. The van der Waals surface area contributed by atoms with Gasteiger partial charge in [0.05, 0.1) is 19.8 Å². The molecule has 1 N–H and O–H groups in total. The van der Waals surface area contributed by atoms with Crippen LogP contribution < -0.4 is 5.32 Å². The Hall–Kier alpha value is -2.31. The van der Waals surface area contributed by atoms with Crippen molar-refractivity contribution in [2.45, 2.75) is 19.6 Å². The first-order valence-electron chi connectivity index (χ1n) is 9.55. The molecule has 0 spiro atoms. The lowest BCUT2D eigenvalue weighted by Crippen LogP contribution is -2.38. The van der Waals surface area contributed by atoms with Crippen molar-refractivity contribution < 1.29 is 4.74 Å². The number of aromatic nitrogens is 1. The SMILES string of the molecule is CN=C(NCc1ccc(CN2CCOCC2)cc1)N(C)Cc1cccn1C. The molecule has 2 aromatic rings. The predicted molar refractivity (Wildman–Crippen MR) is 110 cm³/mol. The predicted octanol–water partition coefficient (Wildman–Crippen LogP) is 2.06. The van der Waals surface area contributed by atoms with Gasteiger partial charge in [0.15, 0.2) is 5.96 Å². The molecule has 1 aliphatic rings. The van der Waals surface area contributed by atoms with Gasteiger partial charge >= 0.3 is 0 Å². The van der Waals surface area contributed by atoms with E-state index in [1.54, 1.807) is 0 Å². The van der Waals surface area contributed by atoms with Crippen LogP contribution in [-0.4, -0.2) is 60.7 Å². The Kier molecular flexibility index (Phi) is 6.90. The van der Waals surface area contributed by atoms with Gasteiger partial charge in [-0.15, -0.1) is 0 Å². The van der Waals surface area contributed by atoms with Crippen molar-refractivity contribution in [3.63, 3.8) is 0 Å². The maximum absolute atomic E-state index is 5.41. The second-order valence-corrected chi connectivity index (χ2v) is 7.07. The highest BCUT2D eigenvalue weighted by molar-refractivity contribution is 5.79. The third-order valence-electron chi connectivity index (χ3n) is 5.01. The van der Waals surface area contributed by atoms with Crippen molar-refractivity contribution in [2.24, 2.45) is 12.0 Å². The number of nitrogens with one attached hydrogen (secondary N) is 1. The molecule has 0 bridgehead atoms. The van der Waals surface area contributed by atoms with Crippen molar-refractivity contribution in [2.75, 3.05) is 40.4 Å². The third-order valence-corrected chi connectivity index (χ3v) is 5.01. The van der Waals surface area contributed by atoms with Gasteiger partial charge in [-0.25, -0.2) is 0 Å². The van der Waals surface area contributed by atoms with Gasteiger partial charge in [-0.1, -0.05) is 24.3 Å². The number of hydrogen-bond donors (Lipinski definition) is 1. The van der Waals surface area contributed by atoms with Gasteiger partial charge in [0.2, 0.25) is 0 Å². The molecule has 0 radical (unpaired) electrons. The first kappa shape index (κ1) is 19.5. The molecule has 1 saturated heterocycles. The summed E-state index contributed by atoms with van der Waals surface area (Å²) in [5.41, 5.74) is 3.87. The van der Waals surface area contributed by atoms with Crippen LogP contribution in [0.5, 0.6) is 0 Å². The van der Waals surface area contributed by atoms with Crippen LogP contribution in [0.2, 0.25) is 0 Å². The summed E-state index contributed by atoms with van der Waals surface area (Å²) in [7, 11) is 5.96. The van der Waals surface area contributed by atoms with Crippen LogP contribution >= 0.6 is 0 Å². The van der Waals surface area contributed by atoms with E-state index in [0.717, 1.165) is 51.9 Å². The van der Waals surface area contributed by atoms with E-state index in [0.29, 0.717) is 0 Å². The molecule has 0 unspecified atom stereocenters. The van der Waals surface area contributed by atoms with E-state index in [4.69, 9.17) is 4.74 Å². The van der Waals surface area contributed by atoms with Crippen molar-refractivity contribution in [1.82, 2.24) is 19.7 Å². The Bertz CT molecular complexity index is 731. The first-order valence-corrected chi connectivity index (χ1v) is 9.55. The van der Waals surface area contributed by atoms with Crippen LogP contribution in [0.4, 0.5) is 0 Å². The Balaban J connectivity index is 1.49. The number of guanidine groups is 1. The maximum atomic E-state index is 5.41. The molecule has 6 nitrogen and oxygen atoms in total. The molecule has 0 aliphatic carbocycles. The van der Waals surface area contributed by atoms with Gasteiger partial charge in [0, 0.05) is 59.2 Å². The topological polar surface area (TPSA) is 45.0 Å². The maximum Gasteiger partial charge on any atom is 0.194 e. The number of nitrogens with zero attached hydrogens (tertiary/aromatic N) is 4. The fourth-order valence-electron chi connectivity index (χ4n) is 3.32. The van der Waals surface area contributed by atoms with E-state index in [-0.39, 0.29) is 0 Å². The minimum atomic E-state index is 0.766. The number of hydrogen-bond acceptors (Lipinski definition) is 3. The normalized spacial score (nSPS) is 15.7. The molecule has 3 rings (SSSR count). The van der Waals surface area contributed by atoms with E-state index in [1.807, 2.05) is 7.05 Å². The number of morpholine rings is 1. The van der Waals surface area contributed by atoms with Crippen LogP contribution in [-0.2, 0) is 31.4 Å². The zero-order valence-corrected chi connectivity index (χ0v) is 16.7. The minimum Gasteiger partial charge on any atom is -0.379 e. The lowest BCUT2D eigenvalue weighted by molar-refractivity contribution is 0.0342. The molecular formula is C21H31N5O. The lowest BCUT2D eigenvalue weighted by atomic mass is 10.1. The smallest absolute Gasteiger partial charge is 0.194 e. The number of benzene rings is 1. The Labute approximate surface area is 162 Å². The van der Waals surface area contributed by atoms with E-state index < -0.39 is 0 Å². The Morgan fingerprint density at radius 1 is 1.15 bits per heavy atom. The second-order valence-electron chi connectivity index (χ2n) is 7.07. The molecule has 27 heavy (non-hydrogen) atoms. The summed E-state index contributed by atoms with van der Waals surface area (Å²) in [6.07, 6.45) is 2.07. The minimum absolute atomic E-state index is 0.766. The molecule has 1 aromatic carbocycles. The highest BCUT2D eigenvalue weighted by atomic mass is 16.5. The molecule has 0 atom stereocenters. The van der Waals surface area contributed by atoms with E-state index >= 15 is 0 Å². The van der Waals surface area contributed by atoms with Gasteiger partial charge < -0.3 is 19.5 Å². The average molecular weight is 370 g/mol. The van der Waals surface area contributed by atoms with E-state index in [9.17, 15) is 0 Å². The van der Waals surface area contributed by atoms with Crippen molar-refractivity contribution in [1.29, 1.82) is 0 Å². The summed E-state index contributed by atoms with van der Waals surface area (Å²) < 4.78 is 7.55. The average Bonchev–Trinajstić information content (AvgIpc) is 3.09. The van der Waals surface area contributed by atoms with Gasteiger partial charge in [-0.05, 0) is 23.3 Å². The first-order chi connectivity index (χ1) is 13.2. The Morgan fingerprint density at radius 3 is 2.48 bits per heavy atom. The van der Waals surface area contributed by atoms with Gasteiger partial charge in [0.1, 0.15) is 0 Å². The molecular weight excluding hydrogens is 338 g/mol. The number of aryl methyl sites for hydroxylation is 1. The van der Waals surface area contributed by atoms with E-state index in [2.05, 4.69) is 81.4 Å². The molecule has 1 aromatic heterocycles. The van der Waals surface area contributed by atoms with Gasteiger partial charge in [0.25, 0.3) is 0 Å². The van der Waals surface area contributed by atoms with Crippen molar-refractivity contribution >= 4 is 5.96 Å². The summed E-state index contributed by atoms with van der Waals surface area (Å²) in [6, 6.07) is 13.1. The molecule has 1 fully saturated rings. The van der Waals surface area contributed by atoms with Crippen LogP contribution in [0, 0.1) is 0 Å². The summed E-state index contributed by atoms with van der Waals surface area (Å²) >= 11 is 0. The van der Waals surface area contributed by atoms with Crippen LogP contribution in [0.1, 0.15) is 16.8 Å². The standard InChI is InChI=1S/C21H31N5O/c1-22-21(25(3)17-20-5-4-10-24(20)2)23-15-18-6-8-19(9-7-18)16-26-11-13-27-14-12-26/h4-10H,11-17H2,1-3H3,(H,22,23). The quantitative estimate of drug-likeness (QED) is 0.625. The highest BCUT2D eigenvalue weighted by Gasteiger charge is 2.11. The zero-order chi connectivity index (χ0) is 19.1. The Morgan fingerprint density at radius 2 is 1.85 bits per heavy atom. The summed E-state index contributed by atoms with van der Waals surface area (Å²) in [5.74, 6) is 0.897. The number of aliphatic imine (C=N–C) groups is 1. The highest BCUT2D eigenvalue weighted by Crippen LogP contribution is 2.10. The van der Waals surface area contributed by atoms with Crippen LogP contribution in [0.3, 0.4) is 0 Å². The lowest BCUT2D eigenvalue weighted by Gasteiger charge is -2.26. The molecule has 146 valence electrons. The van der Waals surface area contributed by atoms with Crippen LogP contribution in [0.25, 0.3) is 0 Å². The number of rotatable bonds is 6. The van der Waals surface area contributed by atoms with Crippen molar-refractivity contribution in [3.8, 4) is 0 Å². The van der Waals surface area contributed by atoms with E-state index in [1.165, 1.54) is 16.8 Å². The summed E-state index contributed by atoms with van der Waals surface area (Å²) in [5, 5.41) is 3.46. The summed E-state index contributed by atoms with van der Waals surface area (Å²) in [6.45, 7) is 6.32. The molecule has 1 aliphatic heterocycles. The number of ether oxygens (including phenoxy) is 1. The molecule has 2 heterocycles.